The molecule has 0 aliphatic heterocycles. The first-order valence-corrected chi connectivity index (χ1v) is 9.40. The van der Waals surface area contributed by atoms with Gasteiger partial charge in [-0.15, -0.1) is 0 Å². The van der Waals surface area contributed by atoms with Crippen LogP contribution < -0.4 is 5.32 Å². The van der Waals surface area contributed by atoms with Gasteiger partial charge >= 0.3 is 0 Å². The highest BCUT2D eigenvalue weighted by atomic mass is 19.1. The van der Waals surface area contributed by atoms with Gasteiger partial charge in [0.2, 0.25) is 5.91 Å². The second kappa shape index (κ2) is 8.24. The summed E-state index contributed by atoms with van der Waals surface area (Å²) in [5.41, 5.74) is 3.37. The van der Waals surface area contributed by atoms with Gasteiger partial charge < -0.3 is 5.32 Å². The molecule has 152 valence electrons. The van der Waals surface area contributed by atoms with Crippen molar-refractivity contribution in [1.29, 1.82) is 0 Å². The number of nitrogens with one attached hydrogen (secondary N) is 1. The smallest absolute Gasteiger partial charge is 0.224 e. The van der Waals surface area contributed by atoms with E-state index in [0.29, 0.717) is 23.7 Å². The first-order valence-electron chi connectivity index (χ1n) is 9.40. The van der Waals surface area contributed by atoms with Crippen LogP contribution >= 0.6 is 0 Å². The van der Waals surface area contributed by atoms with Crippen molar-refractivity contribution < 1.29 is 9.18 Å². The van der Waals surface area contributed by atoms with Crippen LogP contribution in [0, 0.1) is 19.7 Å². The van der Waals surface area contributed by atoms with E-state index in [2.05, 4.69) is 25.5 Å². The summed E-state index contributed by atoms with van der Waals surface area (Å²) < 4.78 is 17.3. The third-order valence-corrected chi connectivity index (χ3v) is 4.84. The maximum atomic E-state index is 14.2. The molecule has 1 aromatic carbocycles. The van der Waals surface area contributed by atoms with Gasteiger partial charge in [-0.25, -0.2) is 23.7 Å². The molecule has 0 aliphatic carbocycles. The van der Waals surface area contributed by atoms with Crippen LogP contribution in [0.5, 0.6) is 0 Å². The molecule has 9 heteroatoms. The second-order valence-corrected chi connectivity index (χ2v) is 6.79. The number of pyridine rings is 1. The third kappa shape index (κ3) is 3.82. The van der Waals surface area contributed by atoms with E-state index in [9.17, 15) is 9.18 Å². The van der Waals surface area contributed by atoms with Crippen molar-refractivity contribution in [2.75, 3.05) is 0 Å². The Kier molecular flexibility index (Phi) is 5.34. The number of aryl methyl sites for hydroxylation is 1. The average molecular weight is 405 g/mol. The summed E-state index contributed by atoms with van der Waals surface area (Å²) >= 11 is 0. The Morgan fingerprint density at radius 3 is 2.77 bits per heavy atom. The molecule has 0 aliphatic rings. The van der Waals surface area contributed by atoms with E-state index in [1.165, 1.54) is 17.1 Å². The molecule has 0 unspecified atom stereocenters. The normalized spacial score (nSPS) is 10.9. The Morgan fingerprint density at radius 1 is 1.17 bits per heavy atom. The van der Waals surface area contributed by atoms with Crippen molar-refractivity contribution in [3.63, 3.8) is 0 Å². The highest BCUT2D eigenvalue weighted by Crippen LogP contribution is 2.20. The lowest BCUT2D eigenvalue weighted by Gasteiger charge is -2.10. The van der Waals surface area contributed by atoms with Gasteiger partial charge in [-0.3, -0.25) is 4.79 Å². The van der Waals surface area contributed by atoms with E-state index < -0.39 is 0 Å². The monoisotopic (exact) mass is 405 g/mol. The van der Waals surface area contributed by atoms with Gasteiger partial charge in [-0.05, 0) is 32.0 Å². The van der Waals surface area contributed by atoms with Crippen LogP contribution in [-0.4, -0.2) is 35.4 Å². The number of nitrogens with zero attached hydrogens (tertiary/aromatic N) is 6. The van der Waals surface area contributed by atoms with Crippen molar-refractivity contribution >= 4 is 5.91 Å². The van der Waals surface area contributed by atoms with E-state index >= 15 is 0 Å². The molecular weight excluding hydrogens is 385 g/mol. The third-order valence-electron chi connectivity index (χ3n) is 4.84. The zero-order chi connectivity index (χ0) is 21.1. The van der Waals surface area contributed by atoms with Crippen LogP contribution in [0.2, 0.25) is 0 Å². The first kappa shape index (κ1) is 19.4. The number of para-hydroxylation sites is 1. The molecule has 0 spiro atoms. The molecule has 1 amide bonds. The molecule has 0 atom stereocenters. The molecule has 0 saturated carbocycles. The van der Waals surface area contributed by atoms with Crippen LogP contribution in [0.1, 0.15) is 22.5 Å². The Hall–Kier alpha value is -3.88. The van der Waals surface area contributed by atoms with Crippen LogP contribution in [-0.2, 0) is 17.8 Å². The number of carbonyl (C=O) groups is 1. The van der Waals surface area contributed by atoms with E-state index in [-0.39, 0.29) is 18.1 Å². The quantitative estimate of drug-likeness (QED) is 0.532. The van der Waals surface area contributed by atoms with E-state index in [4.69, 9.17) is 0 Å². The minimum atomic E-state index is -0.365. The number of benzene rings is 1. The van der Waals surface area contributed by atoms with Crippen molar-refractivity contribution in [2.24, 2.45) is 0 Å². The Labute approximate surface area is 172 Å². The van der Waals surface area contributed by atoms with Gasteiger partial charge in [0.05, 0.1) is 12.1 Å². The zero-order valence-corrected chi connectivity index (χ0v) is 16.6. The van der Waals surface area contributed by atoms with Crippen LogP contribution in [0.25, 0.3) is 11.5 Å². The number of carbonyl (C=O) groups excluding carboxylic acids is 1. The Balaban J connectivity index is 1.49. The predicted molar refractivity (Wildman–Crippen MR) is 108 cm³/mol. The summed E-state index contributed by atoms with van der Waals surface area (Å²) in [6, 6.07) is 10.1. The summed E-state index contributed by atoms with van der Waals surface area (Å²) in [5.74, 6) is 0.0778. The fourth-order valence-corrected chi connectivity index (χ4v) is 3.30. The van der Waals surface area contributed by atoms with Gasteiger partial charge in [-0.1, -0.05) is 18.2 Å². The summed E-state index contributed by atoms with van der Waals surface area (Å²) in [7, 11) is 0. The molecule has 8 nitrogen and oxygen atoms in total. The predicted octanol–water partition coefficient (Wildman–Crippen LogP) is 2.46. The number of halogens is 1. The highest BCUT2D eigenvalue weighted by molar-refractivity contribution is 5.79. The number of rotatable bonds is 6. The molecular formula is C21H20FN7O. The lowest BCUT2D eigenvalue weighted by molar-refractivity contribution is -0.120. The van der Waals surface area contributed by atoms with Crippen molar-refractivity contribution in [1.82, 2.24) is 34.8 Å². The minimum Gasteiger partial charge on any atom is -0.352 e. The maximum Gasteiger partial charge on any atom is 0.224 e. The van der Waals surface area contributed by atoms with Gasteiger partial charge in [-0.2, -0.15) is 10.2 Å². The number of hydrogen-bond acceptors (Lipinski definition) is 5. The fraction of sp³-hybridized carbons (Fsp3) is 0.190. The first-order chi connectivity index (χ1) is 14.5. The van der Waals surface area contributed by atoms with Crippen LogP contribution in [0.15, 0.2) is 55.2 Å². The summed E-state index contributed by atoms with van der Waals surface area (Å²) in [5, 5.41) is 11.4. The van der Waals surface area contributed by atoms with Crippen LogP contribution in [0.3, 0.4) is 0 Å². The van der Waals surface area contributed by atoms with Crippen LogP contribution in [0.4, 0.5) is 4.39 Å². The standard InChI is InChI=1S/C21H20FN7O/c1-14-17(15(2)29(27-14)19-8-4-3-7-18(19)22)10-20(30)25-11-16-6-5-9-24-21(16)28-13-23-12-26-28/h3-9,12-13H,10-11H2,1-2H3,(H,25,30). The largest absolute Gasteiger partial charge is 0.352 e. The molecule has 4 rings (SSSR count). The minimum absolute atomic E-state index is 0.144. The summed E-state index contributed by atoms with van der Waals surface area (Å²) in [4.78, 5) is 20.9. The molecule has 30 heavy (non-hydrogen) atoms. The van der Waals surface area contributed by atoms with E-state index in [1.807, 2.05) is 19.9 Å². The van der Waals surface area contributed by atoms with E-state index in [0.717, 1.165) is 16.8 Å². The molecule has 3 aromatic heterocycles. The van der Waals surface area contributed by atoms with Gasteiger partial charge in [0.15, 0.2) is 5.82 Å². The molecule has 0 radical (unpaired) electrons. The van der Waals surface area contributed by atoms with Crippen molar-refractivity contribution in [2.45, 2.75) is 26.8 Å². The highest BCUT2D eigenvalue weighted by Gasteiger charge is 2.18. The van der Waals surface area contributed by atoms with Crippen molar-refractivity contribution in [3.8, 4) is 11.5 Å². The van der Waals surface area contributed by atoms with E-state index in [1.54, 1.807) is 41.5 Å². The second-order valence-electron chi connectivity index (χ2n) is 6.79. The molecule has 0 saturated heterocycles. The molecule has 4 aromatic rings. The summed E-state index contributed by atoms with van der Waals surface area (Å²) in [6.45, 7) is 3.94. The zero-order valence-electron chi connectivity index (χ0n) is 16.6. The average Bonchev–Trinajstić information content (AvgIpc) is 3.37. The van der Waals surface area contributed by atoms with Gasteiger partial charge in [0, 0.05) is 29.6 Å². The summed E-state index contributed by atoms with van der Waals surface area (Å²) in [6.07, 6.45) is 4.78. The maximum absolute atomic E-state index is 14.2. The number of amides is 1. The molecule has 3 heterocycles. The topological polar surface area (TPSA) is 90.5 Å². The van der Waals surface area contributed by atoms with Crippen molar-refractivity contribution in [3.05, 3.63) is 83.6 Å². The Bertz CT molecular complexity index is 1180. The number of hydrogen-bond donors (Lipinski definition) is 1. The molecule has 0 fully saturated rings. The SMILES string of the molecule is Cc1nn(-c2ccccc2F)c(C)c1CC(=O)NCc1cccnc1-n1cncn1. The fourth-order valence-electron chi connectivity index (χ4n) is 3.30. The lowest BCUT2D eigenvalue weighted by Crippen LogP contribution is -2.26. The van der Waals surface area contributed by atoms with Gasteiger partial charge in [0.25, 0.3) is 0 Å². The molecule has 1 N–H and O–H groups in total. The Morgan fingerprint density at radius 2 is 2.00 bits per heavy atom. The molecule has 0 bridgehead atoms. The lowest BCUT2D eigenvalue weighted by atomic mass is 10.1. The van der Waals surface area contributed by atoms with Gasteiger partial charge in [0.1, 0.15) is 24.2 Å². The number of aromatic nitrogens is 6.